The Bertz CT molecular complexity index is 4640. The summed E-state index contributed by atoms with van der Waals surface area (Å²) in [4.78, 5) is 4.76. The van der Waals surface area contributed by atoms with Crippen LogP contribution in [0.5, 0.6) is 0 Å². The second-order valence-electron chi connectivity index (χ2n) is 20.0. The fourth-order valence-electron chi connectivity index (χ4n) is 12.4. The number of aromatic nitrogens is 2. The summed E-state index contributed by atoms with van der Waals surface area (Å²) < 4.78 is 4.89. The van der Waals surface area contributed by atoms with Crippen LogP contribution in [0.15, 0.2) is 303 Å². The van der Waals surface area contributed by atoms with Gasteiger partial charge in [-0.25, -0.2) is 0 Å². The third kappa shape index (κ3) is 7.30. The van der Waals surface area contributed by atoms with Gasteiger partial charge in [-0.15, -0.1) is 0 Å². The minimum atomic E-state index is 1.11. The smallest absolute Gasteiger partial charge is 0.0562 e. The molecule has 0 saturated carbocycles. The van der Waals surface area contributed by atoms with Crippen molar-refractivity contribution in [1.29, 1.82) is 0 Å². The molecular formula is C74H50N4. The third-order valence-corrected chi connectivity index (χ3v) is 15.7. The molecule has 0 radical (unpaired) electrons. The fourth-order valence-corrected chi connectivity index (χ4v) is 12.4. The second-order valence-corrected chi connectivity index (χ2v) is 20.0. The molecule has 0 saturated heterocycles. The molecule has 0 aliphatic heterocycles. The van der Waals surface area contributed by atoms with Crippen molar-refractivity contribution in [3.8, 4) is 33.6 Å². The van der Waals surface area contributed by atoms with E-state index >= 15 is 0 Å². The van der Waals surface area contributed by atoms with Crippen LogP contribution in [0.3, 0.4) is 0 Å². The number of hydrogen-bond donors (Lipinski definition) is 0. The average Bonchev–Trinajstić information content (AvgIpc) is 4.26. The number of rotatable bonds is 10. The lowest BCUT2D eigenvalue weighted by Crippen LogP contribution is -2.10. The van der Waals surface area contributed by atoms with Gasteiger partial charge in [0.1, 0.15) is 0 Å². The molecule has 0 atom stereocenters. The first-order valence-corrected chi connectivity index (χ1v) is 26.8. The summed E-state index contributed by atoms with van der Waals surface area (Å²) in [6.07, 6.45) is 0. The summed E-state index contributed by atoms with van der Waals surface area (Å²) in [6, 6.07) is 110. The standard InChI is InChI=1S/C74H50N4/c1-5-23-52(24-6-1)75(53-25-7-2-8-26-53)69-39-21-41-71-73(69)64-35-17-19-37-66(64)77(71)56-45-43-51(44-46-56)57-47-48-61(59-32-14-13-31-58(57)59)62-49-50-68(63-34-16-15-33-60(62)63)78-67-38-20-18-36-65(67)74-70(40-22-42-72(74)78)76(54-27-9-3-10-28-54)55-29-11-4-12-30-55/h1-50H. The van der Waals surface area contributed by atoms with Crippen molar-refractivity contribution in [1.82, 2.24) is 9.13 Å². The van der Waals surface area contributed by atoms with Gasteiger partial charge in [-0.1, -0.05) is 200 Å². The quantitative estimate of drug-likeness (QED) is 0.136. The van der Waals surface area contributed by atoms with Crippen LogP contribution in [0.1, 0.15) is 0 Å². The molecule has 0 bridgehead atoms. The van der Waals surface area contributed by atoms with Gasteiger partial charge in [-0.05, 0) is 142 Å². The van der Waals surface area contributed by atoms with Gasteiger partial charge in [0.15, 0.2) is 0 Å². The monoisotopic (exact) mass is 994 g/mol. The normalized spacial score (nSPS) is 11.6. The summed E-state index contributed by atoms with van der Waals surface area (Å²) in [5.74, 6) is 0. The zero-order valence-electron chi connectivity index (χ0n) is 42.7. The Labute approximate surface area is 452 Å². The summed E-state index contributed by atoms with van der Waals surface area (Å²) in [5.41, 5.74) is 18.4. The van der Waals surface area contributed by atoms with Gasteiger partial charge in [0.25, 0.3) is 0 Å². The molecule has 0 aliphatic rings. The lowest BCUT2D eigenvalue weighted by Gasteiger charge is -2.26. The van der Waals surface area contributed by atoms with Gasteiger partial charge in [-0.3, -0.25) is 0 Å². The van der Waals surface area contributed by atoms with Crippen molar-refractivity contribution in [3.63, 3.8) is 0 Å². The van der Waals surface area contributed by atoms with Crippen molar-refractivity contribution in [2.75, 3.05) is 9.80 Å². The Morgan fingerprint density at radius 1 is 0.218 bits per heavy atom. The Balaban J connectivity index is 0.837. The van der Waals surface area contributed by atoms with Gasteiger partial charge in [0.2, 0.25) is 0 Å². The Morgan fingerprint density at radius 2 is 0.564 bits per heavy atom. The fraction of sp³-hybridized carbons (Fsp3) is 0. The van der Waals surface area contributed by atoms with Crippen molar-refractivity contribution < 1.29 is 0 Å². The lowest BCUT2D eigenvalue weighted by molar-refractivity contribution is 1.18. The highest BCUT2D eigenvalue weighted by Gasteiger charge is 2.24. The molecule has 2 heterocycles. The van der Waals surface area contributed by atoms with Crippen LogP contribution in [0, 0.1) is 0 Å². The Morgan fingerprint density at radius 3 is 1.05 bits per heavy atom. The van der Waals surface area contributed by atoms with Crippen molar-refractivity contribution in [2.24, 2.45) is 0 Å². The number of nitrogens with zero attached hydrogens (tertiary/aromatic N) is 4. The molecule has 2 aromatic heterocycles. The highest BCUT2D eigenvalue weighted by molar-refractivity contribution is 6.19. The number of para-hydroxylation sites is 6. The van der Waals surface area contributed by atoms with Crippen LogP contribution in [0.2, 0.25) is 0 Å². The van der Waals surface area contributed by atoms with Crippen molar-refractivity contribution >= 4 is 99.3 Å². The van der Waals surface area contributed by atoms with Gasteiger partial charge >= 0.3 is 0 Å². The molecule has 0 N–H and O–H groups in total. The Kier molecular flexibility index (Phi) is 10.8. The second kappa shape index (κ2) is 18.7. The molecule has 4 heteroatoms. The minimum absolute atomic E-state index is 1.11. The maximum atomic E-state index is 2.47. The van der Waals surface area contributed by atoms with E-state index < -0.39 is 0 Å². The van der Waals surface area contributed by atoms with Crippen molar-refractivity contribution in [3.05, 3.63) is 303 Å². The van der Waals surface area contributed by atoms with E-state index in [1.165, 1.54) is 76.4 Å². The lowest BCUT2D eigenvalue weighted by atomic mass is 9.89. The van der Waals surface area contributed by atoms with E-state index in [9.17, 15) is 0 Å². The molecule has 0 amide bonds. The molecule has 0 unspecified atom stereocenters. The van der Waals surface area contributed by atoms with E-state index in [0.717, 1.165) is 56.5 Å². The minimum Gasteiger partial charge on any atom is -0.310 e. The molecule has 4 nitrogen and oxygen atoms in total. The first-order chi connectivity index (χ1) is 38.8. The number of hydrogen-bond acceptors (Lipinski definition) is 2. The highest BCUT2D eigenvalue weighted by Crippen LogP contribution is 2.47. The van der Waals surface area contributed by atoms with Gasteiger partial charge < -0.3 is 18.9 Å². The number of anilines is 6. The van der Waals surface area contributed by atoms with Gasteiger partial charge in [0, 0.05) is 55.4 Å². The zero-order chi connectivity index (χ0) is 51.5. The van der Waals surface area contributed by atoms with E-state index in [-0.39, 0.29) is 0 Å². The largest absolute Gasteiger partial charge is 0.310 e. The van der Waals surface area contributed by atoms with Crippen LogP contribution in [-0.2, 0) is 0 Å². The third-order valence-electron chi connectivity index (χ3n) is 15.7. The molecule has 15 aromatic rings. The summed E-state index contributed by atoms with van der Waals surface area (Å²) in [6.45, 7) is 0. The van der Waals surface area contributed by atoms with E-state index in [1.807, 2.05) is 0 Å². The van der Waals surface area contributed by atoms with Crippen molar-refractivity contribution in [2.45, 2.75) is 0 Å². The first kappa shape index (κ1) is 45.0. The summed E-state index contributed by atoms with van der Waals surface area (Å²) in [7, 11) is 0. The molecule has 15 rings (SSSR count). The van der Waals surface area contributed by atoms with Gasteiger partial charge in [-0.2, -0.15) is 0 Å². The predicted octanol–water partition coefficient (Wildman–Crippen LogP) is 20.5. The molecule has 366 valence electrons. The number of benzene rings is 13. The molecule has 78 heavy (non-hydrogen) atoms. The van der Waals surface area contributed by atoms with E-state index in [2.05, 4.69) is 322 Å². The highest BCUT2D eigenvalue weighted by atomic mass is 15.2. The van der Waals surface area contributed by atoms with Crippen LogP contribution in [0.4, 0.5) is 34.1 Å². The molecule has 13 aromatic carbocycles. The maximum Gasteiger partial charge on any atom is 0.0562 e. The molecule has 0 aliphatic carbocycles. The summed E-state index contributed by atoms with van der Waals surface area (Å²) in [5, 5.41) is 9.68. The average molecular weight is 995 g/mol. The predicted molar refractivity (Wildman–Crippen MR) is 330 cm³/mol. The zero-order valence-corrected chi connectivity index (χ0v) is 42.7. The summed E-state index contributed by atoms with van der Waals surface area (Å²) >= 11 is 0. The SMILES string of the molecule is c1ccc(N(c2ccccc2)c2cccc3c2c2ccccc2n3-c2ccc(-c3ccc(-c4ccc(-n5c6ccccc6c6c(N(c7ccccc7)c7ccccc7)cccc65)c5ccccc45)c4ccccc34)cc2)cc1. The number of fused-ring (bicyclic) bond motifs is 8. The first-order valence-electron chi connectivity index (χ1n) is 26.8. The van der Waals surface area contributed by atoms with Crippen LogP contribution in [-0.4, -0.2) is 9.13 Å². The molecule has 0 spiro atoms. The molecular weight excluding hydrogens is 945 g/mol. The van der Waals surface area contributed by atoms with Gasteiger partial charge in [0.05, 0.1) is 39.1 Å². The van der Waals surface area contributed by atoms with Crippen LogP contribution >= 0.6 is 0 Å². The maximum absolute atomic E-state index is 2.47. The van der Waals surface area contributed by atoms with E-state index in [0.29, 0.717) is 0 Å². The topological polar surface area (TPSA) is 16.3 Å². The van der Waals surface area contributed by atoms with E-state index in [1.54, 1.807) is 0 Å². The Hall–Kier alpha value is -10.4. The molecule has 0 fully saturated rings. The van der Waals surface area contributed by atoms with E-state index in [4.69, 9.17) is 0 Å². The van der Waals surface area contributed by atoms with Crippen LogP contribution in [0.25, 0.3) is 98.8 Å². The van der Waals surface area contributed by atoms with Crippen LogP contribution < -0.4 is 9.80 Å².